The lowest BCUT2D eigenvalue weighted by Gasteiger charge is -2.30. The molecule has 25 heavy (non-hydrogen) atoms. The van der Waals surface area contributed by atoms with E-state index in [0.717, 1.165) is 19.4 Å². The molecule has 0 spiro atoms. The van der Waals surface area contributed by atoms with Gasteiger partial charge in [0.2, 0.25) is 5.52 Å². The smallest absolute Gasteiger partial charge is 0.263 e. The molecule has 3 rings (SSSR count). The van der Waals surface area contributed by atoms with Gasteiger partial charge < -0.3 is 4.90 Å². The van der Waals surface area contributed by atoms with E-state index in [-0.39, 0.29) is 0 Å². The Morgan fingerprint density at radius 3 is 2.68 bits per heavy atom. The summed E-state index contributed by atoms with van der Waals surface area (Å²) in [6.07, 6.45) is 11.5. The Morgan fingerprint density at radius 2 is 1.96 bits per heavy atom. The van der Waals surface area contributed by atoms with Crippen LogP contribution in [0.5, 0.6) is 0 Å². The summed E-state index contributed by atoms with van der Waals surface area (Å²) >= 11 is 1.89. The third-order valence-electron chi connectivity index (χ3n) is 4.58. The molecule has 3 heteroatoms. The number of nitrogens with zero attached hydrogens (tertiary/aromatic N) is 2. The number of fused-ring (bicyclic) bond motifs is 1. The number of allylic oxidation sites excluding steroid dienone is 4. The number of thiazole rings is 1. The van der Waals surface area contributed by atoms with Gasteiger partial charge in [-0.05, 0) is 54.7 Å². The third-order valence-corrected chi connectivity index (χ3v) is 5.70. The monoisotopic (exact) mass is 353 g/mol. The maximum Gasteiger partial charge on any atom is 0.263 e. The van der Waals surface area contributed by atoms with Crippen LogP contribution in [0.15, 0.2) is 53.8 Å². The molecular weight excluding hydrogens is 324 g/mol. The second-order valence-electron chi connectivity index (χ2n) is 7.89. The molecule has 0 saturated carbocycles. The fourth-order valence-corrected chi connectivity index (χ4v) is 4.80. The molecule has 2 nitrogen and oxygen atoms in total. The summed E-state index contributed by atoms with van der Waals surface area (Å²) in [6.45, 7) is 7.98. The highest BCUT2D eigenvalue weighted by Gasteiger charge is 2.26. The Kier molecular flexibility index (Phi) is 5.14. The predicted molar refractivity (Wildman–Crippen MR) is 110 cm³/mol. The van der Waals surface area contributed by atoms with Crippen molar-refractivity contribution in [3.05, 3.63) is 58.8 Å². The van der Waals surface area contributed by atoms with Crippen molar-refractivity contribution in [2.75, 3.05) is 14.1 Å². The number of aromatic nitrogens is 1. The molecule has 1 aliphatic carbocycles. The molecule has 0 fully saturated rings. The average molecular weight is 354 g/mol. The van der Waals surface area contributed by atoms with Crippen LogP contribution < -0.4 is 4.57 Å². The van der Waals surface area contributed by atoms with E-state index in [9.17, 15) is 0 Å². The van der Waals surface area contributed by atoms with Gasteiger partial charge in [0, 0.05) is 26.2 Å². The first-order valence-electron chi connectivity index (χ1n) is 9.05. The van der Waals surface area contributed by atoms with Gasteiger partial charge in [0.15, 0.2) is 0 Å². The van der Waals surface area contributed by atoms with E-state index < -0.39 is 0 Å². The molecule has 0 N–H and O–H groups in total. The lowest BCUT2D eigenvalue weighted by Crippen LogP contribution is -2.33. The zero-order chi connectivity index (χ0) is 18.0. The Labute approximate surface area is 155 Å². The van der Waals surface area contributed by atoms with Crippen LogP contribution in [-0.2, 0) is 6.54 Å². The lowest BCUT2D eigenvalue weighted by atomic mass is 9.75. The minimum absolute atomic E-state index is 0.306. The summed E-state index contributed by atoms with van der Waals surface area (Å²) in [6, 6.07) is 8.71. The number of hydrogen-bond donors (Lipinski definition) is 0. The molecule has 2 aromatic rings. The van der Waals surface area contributed by atoms with Crippen LogP contribution in [0.25, 0.3) is 16.3 Å². The summed E-state index contributed by atoms with van der Waals surface area (Å²) in [5, 5.41) is 1.35. The fraction of sp³-hybridized carbons (Fsp3) is 0.409. The van der Waals surface area contributed by atoms with E-state index >= 15 is 0 Å². The summed E-state index contributed by atoms with van der Waals surface area (Å²) in [5.41, 5.74) is 4.50. The van der Waals surface area contributed by atoms with Gasteiger partial charge in [-0.2, -0.15) is 4.57 Å². The summed E-state index contributed by atoms with van der Waals surface area (Å²) in [4.78, 5) is 2.10. The second-order valence-corrected chi connectivity index (χ2v) is 8.95. The zero-order valence-electron chi connectivity index (χ0n) is 16.0. The van der Waals surface area contributed by atoms with E-state index in [0.29, 0.717) is 5.41 Å². The summed E-state index contributed by atoms with van der Waals surface area (Å²) < 4.78 is 3.79. The molecule has 1 aromatic carbocycles. The van der Waals surface area contributed by atoms with Crippen molar-refractivity contribution < 1.29 is 4.57 Å². The van der Waals surface area contributed by atoms with Gasteiger partial charge in [-0.3, -0.25) is 0 Å². The first-order chi connectivity index (χ1) is 11.9. The minimum atomic E-state index is 0.306. The molecule has 0 amide bonds. The second kappa shape index (κ2) is 7.17. The highest BCUT2D eigenvalue weighted by molar-refractivity contribution is 7.18. The van der Waals surface area contributed by atoms with E-state index in [1.165, 1.54) is 26.4 Å². The molecule has 0 radical (unpaired) electrons. The number of rotatable bonds is 4. The van der Waals surface area contributed by atoms with Crippen LogP contribution in [0, 0.1) is 5.41 Å². The standard InChI is InChI=1S/C22H29N2S/c1-6-24-19-9-7-8-10-20(19)25-21(24)14-18-13-17(11-12-23(4)5)15-22(2,3)16-18/h7-14H,6,15-16H2,1-5H3/q+1. The van der Waals surface area contributed by atoms with Crippen LogP contribution in [0.1, 0.15) is 38.6 Å². The predicted octanol–water partition coefficient (Wildman–Crippen LogP) is 5.41. The van der Waals surface area contributed by atoms with E-state index in [1.807, 2.05) is 11.3 Å². The number of benzene rings is 1. The molecule has 1 aromatic heterocycles. The molecule has 0 saturated heterocycles. The van der Waals surface area contributed by atoms with Crippen LogP contribution in [0.2, 0.25) is 0 Å². The Hall–Kier alpha value is -1.87. The van der Waals surface area contributed by atoms with Crippen molar-refractivity contribution in [3.63, 3.8) is 0 Å². The Balaban J connectivity index is 2.03. The number of hydrogen-bond acceptors (Lipinski definition) is 2. The van der Waals surface area contributed by atoms with Crippen molar-refractivity contribution in [2.45, 2.75) is 40.2 Å². The van der Waals surface area contributed by atoms with E-state index in [4.69, 9.17) is 0 Å². The molecule has 1 heterocycles. The SMILES string of the molecule is CC[n+]1c(/C=C2C=C(/C=C/N(C)C)CC(C)(C)C/2)sc2ccccc21. The topological polar surface area (TPSA) is 7.12 Å². The van der Waals surface area contributed by atoms with Crippen molar-refractivity contribution in [3.8, 4) is 0 Å². The van der Waals surface area contributed by atoms with Gasteiger partial charge in [0.25, 0.3) is 5.01 Å². The molecule has 0 bridgehead atoms. The molecule has 132 valence electrons. The Morgan fingerprint density at radius 1 is 1.20 bits per heavy atom. The normalized spacial score (nSPS) is 18.9. The van der Waals surface area contributed by atoms with Crippen molar-refractivity contribution in [1.29, 1.82) is 0 Å². The lowest BCUT2D eigenvalue weighted by molar-refractivity contribution is -0.665. The summed E-state index contributed by atoms with van der Waals surface area (Å²) in [5.74, 6) is 0. The van der Waals surface area contributed by atoms with Gasteiger partial charge in [-0.25, -0.2) is 0 Å². The quantitative estimate of drug-likeness (QED) is 0.666. The van der Waals surface area contributed by atoms with Crippen LogP contribution in [0.3, 0.4) is 0 Å². The molecule has 0 aliphatic heterocycles. The number of aryl methyl sites for hydroxylation is 1. The maximum absolute atomic E-state index is 2.43. The van der Waals surface area contributed by atoms with Crippen molar-refractivity contribution in [1.82, 2.24) is 4.90 Å². The van der Waals surface area contributed by atoms with Crippen molar-refractivity contribution >= 4 is 27.6 Å². The third kappa shape index (κ3) is 4.21. The van der Waals surface area contributed by atoms with E-state index in [2.05, 4.69) is 93.0 Å². The van der Waals surface area contributed by atoms with Crippen LogP contribution >= 0.6 is 11.3 Å². The zero-order valence-corrected chi connectivity index (χ0v) is 16.9. The van der Waals surface area contributed by atoms with Crippen molar-refractivity contribution in [2.24, 2.45) is 5.41 Å². The highest BCUT2D eigenvalue weighted by atomic mass is 32.1. The van der Waals surface area contributed by atoms with Gasteiger partial charge in [-0.1, -0.05) is 43.4 Å². The minimum Gasteiger partial charge on any atom is -0.383 e. The molecule has 0 unspecified atom stereocenters. The maximum atomic E-state index is 2.43. The first-order valence-corrected chi connectivity index (χ1v) is 9.87. The first kappa shape index (κ1) is 17.9. The largest absolute Gasteiger partial charge is 0.383 e. The number of para-hydroxylation sites is 1. The molecule has 0 atom stereocenters. The fourth-order valence-electron chi connectivity index (χ4n) is 3.60. The van der Waals surface area contributed by atoms with Gasteiger partial charge in [0.05, 0.1) is 0 Å². The van der Waals surface area contributed by atoms with Gasteiger partial charge >= 0.3 is 0 Å². The van der Waals surface area contributed by atoms with Gasteiger partial charge in [-0.15, -0.1) is 0 Å². The highest BCUT2D eigenvalue weighted by Crippen LogP contribution is 2.39. The summed E-state index contributed by atoms with van der Waals surface area (Å²) in [7, 11) is 4.15. The Bertz CT molecular complexity index is 850. The van der Waals surface area contributed by atoms with Crippen LogP contribution in [0.4, 0.5) is 0 Å². The van der Waals surface area contributed by atoms with Gasteiger partial charge in [0.1, 0.15) is 11.2 Å². The molecule has 1 aliphatic rings. The van der Waals surface area contributed by atoms with Crippen LogP contribution in [-0.4, -0.2) is 19.0 Å². The molecular formula is C22H29N2S+. The van der Waals surface area contributed by atoms with E-state index in [1.54, 1.807) is 0 Å². The average Bonchev–Trinajstić information content (AvgIpc) is 2.88.